The molecule has 1 aromatic carbocycles. The van der Waals surface area contributed by atoms with Gasteiger partial charge in [0.25, 0.3) is 5.91 Å². The normalized spacial score (nSPS) is 15.8. The minimum atomic E-state index is -0.613. The lowest BCUT2D eigenvalue weighted by Gasteiger charge is -2.14. The zero-order valence-corrected chi connectivity index (χ0v) is 10.1. The summed E-state index contributed by atoms with van der Waals surface area (Å²) in [5, 5.41) is 14.9. The zero-order chi connectivity index (χ0) is 13.1. The third-order valence-corrected chi connectivity index (χ3v) is 2.81. The fraction of sp³-hybridized carbons (Fsp3) is 0.385. The number of carbonyl (C=O) groups excluding carboxylic acids is 2. The summed E-state index contributed by atoms with van der Waals surface area (Å²) in [7, 11) is 0. The van der Waals surface area contributed by atoms with Crippen molar-refractivity contribution in [3.63, 3.8) is 0 Å². The molecule has 1 saturated carbocycles. The Kier molecular flexibility index (Phi) is 3.50. The fourth-order valence-electron chi connectivity index (χ4n) is 1.56. The molecule has 5 nitrogen and oxygen atoms in total. The summed E-state index contributed by atoms with van der Waals surface area (Å²) in [4.78, 5) is 23.5. The van der Waals surface area contributed by atoms with E-state index >= 15 is 0 Å². The Hall–Kier alpha value is -2.04. The molecule has 1 fully saturated rings. The molecule has 0 heterocycles. The number of carbonyl (C=O) groups is 2. The molecule has 5 heteroatoms. The van der Waals surface area contributed by atoms with Crippen molar-refractivity contribution in [3.05, 3.63) is 29.8 Å². The van der Waals surface area contributed by atoms with Crippen molar-refractivity contribution >= 4 is 11.8 Å². The van der Waals surface area contributed by atoms with Crippen molar-refractivity contribution in [2.75, 3.05) is 0 Å². The van der Waals surface area contributed by atoms with Crippen LogP contribution in [0, 0.1) is 0 Å². The Morgan fingerprint density at radius 3 is 2.61 bits per heavy atom. The summed E-state index contributed by atoms with van der Waals surface area (Å²) in [6.45, 7) is 1.62. The quantitative estimate of drug-likeness (QED) is 0.737. The predicted octanol–water partition coefficient (Wildman–Crippen LogP) is 0.789. The van der Waals surface area contributed by atoms with E-state index in [1.807, 2.05) is 0 Å². The van der Waals surface area contributed by atoms with Gasteiger partial charge in [-0.25, -0.2) is 0 Å². The number of para-hydroxylation sites is 1. The van der Waals surface area contributed by atoms with E-state index in [-0.39, 0.29) is 23.3 Å². The minimum Gasteiger partial charge on any atom is -0.507 e. The second-order valence-corrected chi connectivity index (χ2v) is 4.50. The van der Waals surface area contributed by atoms with E-state index in [4.69, 9.17) is 0 Å². The zero-order valence-electron chi connectivity index (χ0n) is 10.1. The summed E-state index contributed by atoms with van der Waals surface area (Å²) in [6.07, 6.45) is 2.01. The Labute approximate surface area is 105 Å². The molecule has 0 spiro atoms. The minimum absolute atomic E-state index is 0.0928. The van der Waals surface area contributed by atoms with E-state index in [1.165, 1.54) is 12.1 Å². The largest absolute Gasteiger partial charge is 0.507 e. The molecular weight excluding hydrogens is 232 g/mol. The van der Waals surface area contributed by atoms with Gasteiger partial charge in [-0.05, 0) is 31.9 Å². The van der Waals surface area contributed by atoms with Crippen LogP contribution in [0.2, 0.25) is 0 Å². The highest BCUT2D eigenvalue weighted by Gasteiger charge is 2.26. The summed E-state index contributed by atoms with van der Waals surface area (Å²) < 4.78 is 0. The summed E-state index contributed by atoms with van der Waals surface area (Å²) >= 11 is 0. The lowest BCUT2D eigenvalue weighted by atomic mass is 10.1. The van der Waals surface area contributed by atoms with Gasteiger partial charge in [0, 0.05) is 6.04 Å². The van der Waals surface area contributed by atoms with Gasteiger partial charge >= 0.3 is 0 Å². The van der Waals surface area contributed by atoms with Crippen molar-refractivity contribution < 1.29 is 14.7 Å². The molecule has 0 saturated heterocycles. The second-order valence-electron chi connectivity index (χ2n) is 4.50. The average molecular weight is 248 g/mol. The molecule has 0 bridgehead atoms. The topological polar surface area (TPSA) is 78.4 Å². The van der Waals surface area contributed by atoms with Crippen LogP contribution in [-0.4, -0.2) is 29.0 Å². The number of rotatable bonds is 4. The number of aromatic hydroxyl groups is 1. The first kappa shape index (κ1) is 12.4. The number of hydrogen-bond acceptors (Lipinski definition) is 3. The van der Waals surface area contributed by atoms with Gasteiger partial charge in [0.1, 0.15) is 11.8 Å². The van der Waals surface area contributed by atoms with E-state index in [1.54, 1.807) is 19.1 Å². The highest BCUT2D eigenvalue weighted by molar-refractivity contribution is 5.99. The molecule has 0 radical (unpaired) electrons. The van der Waals surface area contributed by atoms with Crippen LogP contribution in [-0.2, 0) is 4.79 Å². The maximum Gasteiger partial charge on any atom is 0.255 e. The maximum atomic E-state index is 11.8. The van der Waals surface area contributed by atoms with Crippen LogP contribution in [0.3, 0.4) is 0 Å². The number of hydrogen-bond donors (Lipinski definition) is 3. The summed E-state index contributed by atoms with van der Waals surface area (Å²) in [5.74, 6) is -0.738. The smallest absolute Gasteiger partial charge is 0.255 e. The van der Waals surface area contributed by atoms with Crippen molar-refractivity contribution in [2.24, 2.45) is 0 Å². The molecule has 2 amide bonds. The lowest BCUT2D eigenvalue weighted by molar-refractivity contribution is -0.122. The van der Waals surface area contributed by atoms with Gasteiger partial charge in [0.05, 0.1) is 5.56 Å². The molecule has 3 N–H and O–H groups in total. The van der Waals surface area contributed by atoms with Crippen LogP contribution in [0.5, 0.6) is 5.75 Å². The molecule has 18 heavy (non-hydrogen) atoms. The number of phenols is 1. The molecule has 2 rings (SSSR count). The average Bonchev–Trinajstić information content (AvgIpc) is 3.13. The van der Waals surface area contributed by atoms with E-state index < -0.39 is 11.9 Å². The van der Waals surface area contributed by atoms with Gasteiger partial charge in [-0.2, -0.15) is 0 Å². The highest BCUT2D eigenvalue weighted by atomic mass is 16.3. The van der Waals surface area contributed by atoms with E-state index in [0.29, 0.717) is 0 Å². The van der Waals surface area contributed by atoms with Gasteiger partial charge in [-0.15, -0.1) is 0 Å². The molecular formula is C13H16N2O3. The molecule has 0 aromatic heterocycles. The molecule has 1 aromatic rings. The number of amides is 2. The van der Waals surface area contributed by atoms with Crippen LogP contribution >= 0.6 is 0 Å². The Morgan fingerprint density at radius 1 is 1.33 bits per heavy atom. The van der Waals surface area contributed by atoms with Crippen molar-refractivity contribution in [3.8, 4) is 5.75 Å². The van der Waals surface area contributed by atoms with E-state index in [9.17, 15) is 14.7 Å². The van der Waals surface area contributed by atoms with Crippen LogP contribution in [0.15, 0.2) is 24.3 Å². The molecule has 1 unspecified atom stereocenters. The summed E-state index contributed by atoms with van der Waals surface area (Å²) in [5.41, 5.74) is 0.170. The standard InChI is InChI=1S/C13H16N2O3/c1-8(12(17)15-9-6-7-9)14-13(18)10-4-2-3-5-11(10)16/h2-5,8-9,16H,6-7H2,1H3,(H,14,18)(H,15,17). The monoisotopic (exact) mass is 248 g/mol. The Balaban J connectivity index is 1.94. The van der Waals surface area contributed by atoms with Crippen molar-refractivity contribution in [1.29, 1.82) is 0 Å². The lowest BCUT2D eigenvalue weighted by Crippen LogP contribution is -2.45. The van der Waals surface area contributed by atoms with E-state index in [0.717, 1.165) is 12.8 Å². The first-order valence-corrected chi connectivity index (χ1v) is 5.97. The molecule has 1 atom stereocenters. The molecule has 1 aliphatic rings. The molecule has 0 aliphatic heterocycles. The summed E-state index contributed by atoms with van der Waals surface area (Å²) in [6, 6.07) is 5.89. The number of nitrogens with one attached hydrogen (secondary N) is 2. The van der Waals surface area contributed by atoms with Crippen LogP contribution in [0.4, 0.5) is 0 Å². The van der Waals surface area contributed by atoms with Crippen molar-refractivity contribution in [1.82, 2.24) is 10.6 Å². The Morgan fingerprint density at radius 2 is 2.00 bits per heavy atom. The Bertz CT molecular complexity index is 469. The van der Waals surface area contributed by atoms with E-state index in [2.05, 4.69) is 10.6 Å². The van der Waals surface area contributed by atoms with Crippen molar-refractivity contribution in [2.45, 2.75) is 31.8 Å². The first-order chi connectivity index (χ1) is 8.58. The predicted molar refractivity (Wildman–Crippen MR) is 66.2 cm³/mol. The van der Waals surface area contributed by atoms with Gasteiger partial charge in [0.2, 0.25) is 5.91 Å². The number of phenolic OH excluding ortho intramolecular Hbond substituents is 1. The third-order valence-electron chi connectivity index (χ3n) is 2.81. The second kappa shape index (κ2) is 5.08. The van der Waals surface area contributed by atoms with Crippen LogP contribution in [0.1, 0.15) is 30.1 Å². The maximum absolute atomic E-state index is 11.8. The SMILES string of the molecule is CC(NC(=O)c1ccccc1O)C(=O)NC1CC1. The molecule has 96 valence electrons. The first-order valence-electron chi connectivity index (χ1n) is 5.97. The number of benzene rings is 1. The van der Waals surface area contributed by atoms with Crippen LogP contribution in [0.25, 0.3) is 0 Å². The van der Waals surface area contributed by atoms with Gasteiger partial charge in [-0.3, -0.25) is 9.59 Å². The van der Waals surface area contributed by atoms with Gasteiger partial charge in [0.15, 0.2) is 0 Å². The van der Waals surface area contributed by atoms with Gasteiger partial charge in [-0.1, -0.05) is 12.1 Å². The highest BCUT2D eigenvalue weighted by Crippen LogP contribution is 2.19. The van der Waals surface area contributed by atoms with Gasteiger partial charge < -0.3 is 15.7 Å². The van der Waals surface area contributed by atoms with Crippen LogP contribution < -0.4 is 10.6 Å². The third kappa shape index (κ3) is 3.00. The molecule has 1 aliphatic carbocycles. The fourth-order valence-corrected chi connectivity index (χ4v) is 1.56.